The van der Waals surface area contributed by atoms with Gasteiger partial charge in [0.25, 0.3) is 0 Å². The first kappa shape index (κ1) is 13.2. The van der Waals surface area contributed by atoms with Gasteiger partial charge in [0.2, 0.25) is 0 Å². The molecule has 1 heterocycles. The molecule has 0 saturated carbocycles. The Balaban J connectivity index is 0.000000500. The minimum Gasteiger partial charge on any atom is -0.302 e. The van der Waals surface area contributed by atoms with E-state index in [9.17, 15) is 0 Å². The van der Waals surface area contributed by atoms with Gasteiger partial charge in [-0.2, -0.15) is 0 Å². The fraction of sp³-hybridized carbons (Fsp3) is 0.538. The van der Waals surface area contributed by atoms with Crippen molar-refractivity contribution in [2.45, 2.75) is 26.7 Å². The van der Waals surface area contributed by atoms with Gasteiger partial charge in [-0.25, -0.2) is 0 Å². The number of nitrogens with zero attached hydrogens (tertiary/aromatic N) is 1. The zero-order chi connectivity index (χ0) is 11.0. The van der Waals surface area contributed by atoms with Crippen LogP contribution in [-0.2, 0) is 0 Å². The molecule has 0 unspecified atom stereocenters. The van der Waals surface area contributed by atoms with Gasteiger partial charge in [0, 0.05) is 13.1 Å². The zero-order valence-corrected chi connectivity index (χ0v) is 9.84. The number of hydrogen-bond donors (Lipinski definition) is 0. The van der Waals surface area contributed by atoms with Crippen molar-refractivity contribution in [2.75, 3.05) is 20.1 Å². The lowest BCUT2D eigenvalue weighted by atomic mass is 10.0. The quantitative estimate of drug-likeness (QED) is 0.649. The van der Waals surface area contributed by atoms with Crippen LogP contribution in [0.2, 0.25) is 0 Å². The fourth-order valence-corrected chi connectivity index (χ4v) is 1.37. The average Bonchev–Trinajstić information content (AvgIpc) is 2.19. The monoisotopic (exact) mass is 193 g/mol. The van der Waals surface area contributed by atoms with E-state index in [1.807, 2.05) is 12.2 Å². The topological polar surface area (TPSA) is 3.24 Å². The maximum atomic E-state index is 3.78. The second-order valence-electron chi connectivity index (χ2n) is 3.65. The molecule has 0 aromatic heterocycles. The lowest BCUT2D eigenvalue weighted by molar-refractivity contribution is 0.354. The van der Waals surface area contributed by atoms with Crippen molar-refractivity contribution in [1.82, 2.24) is 4.90 Å². The Kier molecular flexibility index (Phi) is 7.13. The normalized spacial score (nSPS) is 17.1. The largest absolute Gasteiger partial charge is 0.302 e. The highest BCUT2D eigenvalue weighted by Gasteiger charge is 2.10. The highest BCUT2D eigenvalue weighted by Crippen LogP contribution is 2.17. The minimum atomic E-state index is 1.02. The van der Waals surface area contributed by atoms with Crippen LogP contribution in [0, 0.1) is 0 Å². The molecule has 80 valence electrons. The van der Waals surface area contributed by atoms with E-state index in [1.54, 1.807) is 0 Å². The second-order valence-corrected chi connectivity index (χ2v) is 3.65. The number of likely N-dealkylation sites (N-methyl/N-ethyl adjacent to an activating group) is 1. The van der Waals surface area contributed by atoms with Crippen molar-refractivity contribution in [3.63, 3.8) is 0 Å². The molecule has 0 N–H and O–H groups in total. The van der Waals surface area contributed by atoms with E-state index >= 15 is 0 Å². The number of hydrogen-bond acceptors (Lipinski definition) is 1. The smallest absolute Gasteiger partial charge is 0.0233 e. The molecule has 14 heavy (non-hydrogen) atoms. The summed E-state index contributed by atoms with van der Waals surface area (Å²) in [5.74, 6) is 0. The van der Waals surface area contributed by atoms with Crippen LogP contribution in [0.15, 0.2) is 36.5 Å². The first-order valence-corrected chi connectivity index (χ1v) is 5.34. The highest BCUT2D eigenvalue weighted by atomic mass is 15.1. The van der Waals surface area contributed by atoms with Crippen LogP contribution < -0.4 is 0 Å². The second kappa shape index (κ2) is 7.57. The maximum absolute atomic E-state index is 3.78. The maximum Gasteiger partial charge on any atom is 0.0233 e. The first-order chi connectivity index (χ1) is 6.69. The highest BCUT2D eigenvalue weighted by molar-refractivity contribution is 5.34. The van der Waals surface area contributed by atoms with Crippen LogP contribution in [-0.4, -0.2) is 25.0 Å². The van der Waals surface area contributed by atoms with Crippen molar-refractivity contribution >= 4 is 0 Å². The van der Waals surface area contributed by atoms with Crippen molar-refractivity contribution in [2.24, 2.45) is 0 Å². The standard InChI is InChI=1S/C10H15N.C3H8/c1-4-9-6-7-11(3)8-10(9)5-2;1-3-2/h4-5H,1-2,6-8H2,3H3;3H2,1-2H3. The number of rotatable bonds is 2. The van der Waals surface area contributed by atoms with Gasteiger partial charge in [0.05, 0.1) is 0 Å². The molecule has 0 aromatic rings. The lowest BCUT2D eigenvalue weighted by Gasteiger charge is -2.24. The van der Waals surface area contributed by atoms with E-state index in [2.05, 4.69) is 39.0 Å². The van der Waals surface area contributed by atoms with Gasteiger partial charge in [-0.05, 0) is 24.6 Å². The lowest BCUT2D eigenvalue weighted by Crippen LogP contribution is -2.26. The summed E-state index contributed by atoms with van der Waals surface area (Å²) in [5, 5.41) is 0. The van der Waals surface area contributed by atoms with E-state index < -0.39 is 0 Å². The minimum absolute atomic E-state index is 1.02. The van der Waals surface area contributed by atoms with Gasteiger partial charge >= 0.3 is 0 Å². The summed E-state index contributed by atoms with van der Waals surface area (Å²) >= 11 is 0. The third-order valence-electron chi connectivity index (χ3n) is 2.11. The molecule has 0 aliphatic carbocycles. The third kappa shape index (κ3) is 4.43. The molecule has 0 fully saturated rings. The molecule has 1 aliphatic rings. The Morgan fingerprint density at radius 2 is 1.71 bits per heavy atom. The molecular weight excluding hydrogens is 170 g/mol. The molecule has 1 nitrogen and oxygen atoms in total. The Labute approximate surface area is 88.8 Å². The Hall–Kier alpha value is -0.820. The summed E-state index contributed by atoms with van der Waals surface area (Å²) in [7, 11) is 2.13. The predicted octanol–water partition coefficient (Wildman–Crippen LogP) is 3.41. The summed E-state index contributed by atoms with van der Waals surface area (Å²) in [5.41, 5.74) is 2.69. The van der Waals surface area contributed by atoms with Crippen molar-refractivity contribution in [3.8, 4) is 0 Å². The molecule has 0 spiro atoms. The van der Waals surface area contributed by atoms with E-state index in [0.29, 0.717) is 0 Å². The predicted molar refractivity (Wildman–Crippen MR) is 65.5 cm³/mol. The van der Waals surface area contributed by atoms with Gasteiger partial charge in [0.1, 0.15) is 0 Å². The van der Waals surface area contributed by atoms with Crippen LogP contribution in [0.3, 0.4) is 0 Å². The van der Waals surface area contributed by atoms with Crippen LogP contribution in [0.5, 0.6) is 0 Å². The summed E-state index contributed by atoms with van der Waals surface area (Å²) in [6, 6.07) is 0. The number of allylic oxidation sites excluding steroid dienone is 1. The molecule has 1 rings (SSSR count). The Morgan fingerprint density at radius 3 is 2.14 bits per heavy atom. The van der Waals surface area contributed by atoms with Crippen molar-refractivity contribution in [1.29, 1.82) is 0 Å². The van der Waals surface area contributed by atoms with Gasteiger partial charge in [-0.1, -0.05) is 45.6 Å². The molecule has 0 radical (unpaired) electrons. The molecule has 1 heteroatoms. The molecule has 0 saturated heterocycles. The molecule has 0 aromatic carbocycles. The molecule has 0 amide bonds. The zero-order valence-electron chi connectivity index (χ0n) is 9.84. The van der Waals surface area contributed by atoms with E-state index in [4.69, 9.17) is 0 Å². The molecule has 1 aliphatic heterocycles. The van der Waals surface area contributed by atoms with Gasteiger partial charge < -0.3 is 4.90 Å². The van der Waals surface area contributed by atoms with E-state index in [-0.39, 0.29) is 0 Å². The van der Waals surface area contributed by atoms with Crippen LogP contribution >= 0.6 is 0 Å². The summed E-state index contributed by atoms with van der Waals surface area (Å²) in [6.07, 6.45) is 6.25. The van der Waals surface area contributed by atoms with Gasteiger partial charge in [0.15, 0.2) is 0 Å². The summed E-state index contributed by atoms with van der Waals surface area (Å²) < 4.78 is 0. The molecule has 0 atom stereocenters. The first-order valence-electron chi connectivity index (χ1n) is 5.34. The molecular formula is C13H23N. The van der Waals surface area contributed by atoms with Crippen LogP contribution in [0.25, 0.3) is 0 Å². The van der Waals surface area contributed by atoms with E-state index in [1.165, 1.54) is 17.6 Å². The average molecular weight is 193 g/mol. The third-order valence-corrected chi connectivity index (χ3v) is 2.11. The Bertz CT molecular complexity index is 213. The van der Waals surface area contributed by atoms with Crippen LogP contribution in [0.4, 0.5) is 0 Å². The Morgan fingerprint density at radius 1 is 1.21 bits per heavy atom. The van der Waals surface area contributed by atoms with Crippen molar-refractivity contribution < 1.29 is 0 Å². The van der Waals surface area contributed by atoms with E-state index in [0.717, 1.165) is 19.5 Å². The van der Waals surface area contributed by atoms with Gasteiger partial charge in [-0.15, -0.1) is 0 Å². The molecule has 0 bridgehead atoms. The SMILES string of the molecule is C=CC1=C(C=C)CN(C)CC1.CCC. The fourth-order valence-electron chi connectivity index (χ4n) is 1.37. The van der Waals surface area contributed by atoms with Gasteiger partial charge in [-0.3, -0.25) is 0 Å². The summed E-state index contributed by atoms with van der Waals surface area (Å²) in [4.78, 5) is 2.30. The van der Waals surface area contributed by atoms with Crippen LogP contribution in [0.1, 0.15) is 26.7 Å². The summed E-state index contributed by atoms with van der Waals surface area (Å²) in [6.45, 7) is 14.0. The van der Waals surface area contributed by atoms with Crippen molar-refractivity contribution in [3.05, 3.63) is 36.5 Å².